The van der Waals surface area contributed by atoms with Crippen LogP contribution in [0.15, 0.2) is 64.9 Å². The molecule has 0 atom stereocenters. The Labute approximate surface area is 193 Å². The van der Waals surface area contributed by atoms with Crippen LogP contribution in [0.2, 0.25) is 0 Å². The Balaban J connectivity index is 1.65. The van der Waals surface area contributed by atoms with Crippen molar-refractivity contribution in [2.75, 3.05) is 18.6 Å². The van der Waals surface area contributed by atoms with Crippen LogP contribution in [0.5, 0.6) is 11.5 Å². The number of pyridine rings is 1. The number of hydrogen-bond donors (Lipinski definition) is 0. The lowest BCUT2D eigenvalue weighted by Gasteiger charge is -2.22. The van der Waals surface area contributed by atoms with E-state index in [9.17, 15) is 14.9 Å². The maximum Gasteiger partial charge on any atom is 0.376 e. The van der Waals surface area contributed by atoms with Gasteiger partial charge in [-0.15, -0.1) is 11.3 Å². The molecule has 0 saturated heterocycles. The maximum absolute atomic E-state index is 12.8. The summed E-state index contributed by atoms with van der Waals surface area (Å²) < 4.78 is 12.6. The monoisotopic (exact) mass is 466 g/mol. The van der Waals surface area contributed by atoms with Gasteiger partial charge in [0.15, 0.2) is 11.5 Å². The molecule has 0 N–H and O–H groups in total. The highest BCUT2D eigenvalue weighted by Crippen LogP contribution is 2.31. The lowest BCUT2D eigenvalue weighted by atomic mass is 10.2. The largest absolute Gasteiger partial charge is 0.493 e. The summed E-state index contributed by atoms with van der Waals surface area (Å²) in [5.41, 5.74) is -0.0876. The summed E-state index contributed by atoms with van der Waals surface area (Å²) in [7, 11) is 1.56. The first-order chi connectivity index (χ1) is 16.0. The van der Waals surface area contributed by atoms with Crippen LogP contribution in [0.1, 0.15) is 17.4 Å². The molecule has 0 fully saturated rings. The summed E-state index contributed by atoms with van der Waals surface area (Å²) in [6.07, 6.45) is 1.47. The first-order valence-corrected chi connectivity index (χ1v) is 11.1. The Hall–Kier alpha value is -3.92. The van der Waals surface area contributed by atoms with Crippen LogP contribution in [0.25, 0.3) is 5.65 Å². The summed E-state index contributed by atoms with van der Waals surface area (Å²) in [4.78, 5) is 31.1. The van der Waals surface area contributed by atoms with Gasteiger partial charge in [0.25, 0.3) is 0 Å². The molecule has 10 heteroatoms. The minimum atomic E-state index is -0.714. The van der Waals surface area contributed by atoms with Crippen LogP contribution in [0.4, 0.5) is 11.5 Å². The number of aromatic nitrogens is 2. The fraction of sp³-hybridized carbons (Fsp3) is 0.217. The third-order valence-corrected chi connectivity index (χ3v) is 5.96. The van der Waals surface area contributed by atoms with Gasteiger partial charge in [-0.05, 0) is 48.2 Å². The third kappa shape index (κ3) is 4.65. The highest BCUT2D eigenvalue weighted by molar-refractivity contribution is 7.09. The summed E-state index contributed by atoms with van der Waals surface area (Å²) in [5.74, 6) is 1.20. The number of ether oxygens (including phenoxy) is 2. The van der Waals surface area contributed by atoms with E-state index < -0.39 is 16.2 Å². The van der Waals surface area contributed by atoms with E-state index in [0.29, 0.717) is 36.8 Å². The van der Waals surface area contributed by atoms with Crippen molar-refractivity contribution in [3.8, 4) is 11.5 Å². The quantitative estimate of drug-likeness (QED) is 0.268. The predicted octanol–water partition coefficient (Wildman–Crippen LogP) is 4.28. The van der Waals surface area contributed by atoms with Crippen molar-refractivity contribution < 1.29 is 14.4 Å². The topological polar surface area (TPSA) is 99.2 Å². The molecule has 3 heterocycles. The molecule has 0 spiro atoms. The van der Waals surface area contributed by atoms with Crippen molar-refractivity contribution in [3.05, 3.63) is 91.0 Å². The normalized spacial score (nSPS) is 10.8. The fourth-order valence-corrected chi connectivity index (χ4v) is 4.09. The molecule has 0 radical (unpaired) electrons. The zero-order valence-corrected chi connectivity index (χ0v) is 18.9. The molecule has 0 unspecified atom stereocenters. The average molecular weight is 467 g/mol. The van der Waals surface area contributed by atoms with E-state index in [1.54, 1.807) is 41.5 Å². The van der Waals surface area contributed by atoms with E-state index in [2.05, 4.69) is 4.98 Å². The van der Waals surface area contributed by atoms with Crippen LogP contribution < -0.4 is 19.9 Å². The van der Waals surface area contributed by atoms with Crippen LogP contribution in [0, 0.1) is 10.1 Å². The van der Waals surface area contributed by atoms with Crippen molar-refractivity contribution in [1.29, 1.82) is 0 Å². The number of thiophene rings is 1. The van der Waals surface area contributed by atoms with Gasteiger partial charge in [-0.25, -0.2) is 4.98 Å². The second-order valence-electron chi connectivity index (χ2n) is 7.14. The van der Waals surface area contributed by atoms with Gasteiger partial charge in [-0.1, -0.05) is 18.2 Å². The van der Waals surface area contributed by atoms with E-state index in [-0.39, 0.29) is 5.82 Å². The van der Waals surface area contributed by atoms with Gasteiger partial charge >= 0.3 is 11.2 Å². The number of hydrogen-bond acceptors (Lipinski definition) is 8. The van der Waals surface area contributed by atoms with Crippen molar-refractivity contribution in [3.63, 3.8) is 0 Å². The van der Waals surface area contributed by atoms with E-state index >= 15 is 0 Å². The lowest BCUT2D eigenvalue weighted by molar-refractivity contribution is -0.385. The van der Waals surface area contributed by atoms with Gasteiger partial charge in [0.2, 0.25) is 5.82 Å². The van der Waals surface area contributed by atoms with Crippen molar-refractivity contribution in [2.24, 2.45) is 0 Å². The Bertz CT molecular complexity index is 1340. The zero-order chi connectivity index (χ0) is 23.4. The molecule has 0 aliphatic carbocycles. The van der Waals surface area contributed by atoms with Gasteiger partial charge in [-0.3, -0.25) is 19.3 Å². The first kappa shape index (κ1) is 22.3. The zero-order valence-electron chi connectivity index (χ0n) is 18.1. The lowest BCUT2D eigenvalue weighted by Crippen LogP contribution is -2.29. The minimum absolute atomic E-state index is 0.0377. The molecule has 0 bridgehead atoms. The van der Waals surface area contributed by atoms with E-state index in [1.807, 2.05) is 42.6 Å². The number of benzene rings is 1. The molecule has 4 aromatic rings. The maximum atomic E-state index is 12.8. The molecule has 0 saturated carbocycles. The standard InChI is InChI=1S/C23H22N4O5S/c1-3-25(22-21(27(29)30)23(28)26-11-5-4-8-20(26)24-22)14-16-9-10-18(19(13-16)31-2)32-15-17-7-6-12-33-17/h4-13H,3,14-15H2,1-2H3. The highest BCUT2D eigenvalue weighted by atomic mass is 32.1. The molecule has 33 heavy (non-hydrogen) atoms. The van der Waals surface area contributed by atoms with E-state index in [0.717, 1.165) is 10.4 Å². The van der Waals surface area contributed by atoms with Crippen molar-refractivity contribution in [1.82, 2.24) is 9.38 Å². The molecule has 1 aromatic carbocycles. The van der Waals surface area contributed by atoms with E-state index in [1.165, 1.54) is 10.6 Å². The third-order valence-electron chi connectivity index (χ3n) is 5.11. The Morgan fingerprint density at radius 3 is 2.73 bits per heavy atom. The summed E-state index contributed by atoms with van der Waals surface area (Å²) in [6.45, 7) is 3.00. The molecular weight excluding hydrogens is 444 g/mol. The molecule has 0 aliphatic heterocycles. The van der Waals surface area contributed by atoms with Gasteiger partial charge in [-0.2, -0.15) is 0 Å². The number of nitro groups is 1. The SMILES string of the molecule is CCN(Cc1ccc(OCc2cccs2)c(OC)c1)c1nc2ccccn2c(=O)c1[N+](=O)[O-]. The number of methoxy groups -OCH3 is 1. The molecule has 9 nitrogen and oxygen atoms in total. The van der Waals surface area contributed by atoms with Gasteiger partial charge in [0.05, 0.1) is 12.0 Å². The summed E-state index contributed by atoms with van der Waals surface area (Å²) in [6, 6.07) is 14.5. The fourth-order valence-electron chi connectivity index (χ4n) is 3.48. The van der Waals surface area contributed by atoms with Gasteiger partial charge in [0, 0.05) is 24.2 Å². The number of anilines is 1. The van der Waals surface area contributed by atoms with Crippen LogP contribution in [0.3, 0.4) is 0 Å². The smallest absolute Gasteiger partial charge is 0.376 e. The second kappa shape index (κ2) is 9.70. The van der Waals surface area contributed by atoms with Gasteiger partial charge < -0.3 is 14.4 Å². The number of rotatable bonds is 9. The summed E-state index contributed by atoms with van der Waals surface area (Å²) in [5, 5.41) is 13.8. The number of nitrogens with zero attached hydrogens (tertiary/aromatic N) is 4. The van der Waals surface area contributed by atoms with Crippen molar-refractivity contribution in [2.45, 2.75) is 20.1 Å². The Kier molecular flexibility index (Phi) is 6.55. The molecular formula is C23H22N4O5S. The summed E-state index contributed by atoms with van der Waals surface area (Å²) >= 11 is 1.61. The highest BCUT2D eigenvalue weighted by Gasteiger charge is 2.27. The van der Waals surface area contributed by atoms with Crippen LogP contribution in [-0.2, 0) is 13.2 Å². The van der Waals surface area contributed by atoms with Crippen molar-refractivity contribution >= 4 is 28.5 Å². The number of fused-ring (bicyclic) bond motifs is 1. The molecule has 3 aromatic heterocycles. The van der Waals surface area contributed by atoms with Gasteiger partial charge in [0.1, 0.15) is 12.3 Å². The van der Waals surface area contributed by atoms with E-state index in [4.69, 9.17) is 9.47 Å². The molecule has 170 valence electrons. The first-order valence-electron chi connectivity index (χ1n) is 10.2. The second-order valence-corrected chi connectivity index (χ2v) is 8.17. The molecule has 0 aliphatic rings. The Morgan fingerprint density at radius 1 is 1.18 bits per heavy atom. The molecule has 4 rings (SSSR count). The average Bonchev–Trinajstić information content (AvgIpc) is 3.35. The minimum Gasteiger partial charge on any atom is -0.493 e. The Morgan fingerprint density at radius 2 is 2.03 bits per heavy atom. The molecule has 0 amide bonds. The van der Waals surface area contributed by atoms with Crippen LogP contribution in [-0.4, -0.2) is 28.0 Å². The van der Waals surface area contributed by atoms with Crippen LogP contribution >= 0.6 is 11.3 Å². The predicted molar refractivity (Wildman–Crippen MR) is 126 cm³/mol.